The zero-order valence-corrected chi connectivity index (χ0v) is 11.6. The van der Waals surface area contributed by atoms with Gasteiger partial charge in [0.1, 0.15) is 5.82 Å². The van der Waals surface area contributed by atoms with Crippen LogP contribution in [-0.2, 0) is 0 Å². The molecule has 5 heteroatoms. The highest BCUT2D eigenvalue weighted by Crippen LogP contribution is 2.25. The maximum atomic E-state index is 13.6. The molecule has 1 heterocycles. The van der Waals surface area contributed by atoms with Gasteiger partial charge in [0.2, 0.25) is 0 Å². The number of nitrogens with zero attached hydrogens (tertiary/aromatic N) is 1. The van der Waals surface area contributed by atoms with Crippen LogP contribution in [0.15, 0.2) is 12.1 Å². The normalized spacial score (nSPS) is 17.6. The van der Waals surface area contributed by atoms with E-state index in [0.717, 1.165) is 32.2 Å². The van der Waals surface area contributed by atoms with E-state index in [4.69, 9.17) is 0 Å². The molecule has 2 nitrogen and oxygen atoms in total. The molecule has 108 valence electrons. The van der Waals surface area contributed by atoms with Gasteiger partial charge in [-0.15, -0.1) is 0 Å². The van der Waals surface area contributed by atoms with E-state index >= 15 is 0 Å². The quantitative estimate of drug-likeness (QED) is 0.834. The zero-order valence-electron chi connectivity index (χ0n) is 11.6. The van der Waals surface area contributed by atoms with Crippen LogP contribution in [0.4, 0.5) is 13.2 Å². The Balaban J connectivity index is 0.000000861. The van der Waals surface area contributed by atoms with Gasteiger partial charge in [-0.2, -0.15) is 0 Å². The summed E-state index contributed by atoms with van der Waals surface area (Å²) in [5.74, 6) is -2.81. The Bertz CT molecular complexity index is 404. The van der Waals surface area contributed by atoms with Crippen molar-refractivity contribution in [3.63, 3.8) is 0 Å². The Morgan fingerprint density at radius 1 is 1.11 bits per heavy atom. The summed E-state index contributed by atoms with van der Waals surface area (Å²) in [6.45, 7) is 8.88. The molecule has 0 amide bonds. The lowest BCUT2D eigenvalue weighted by molar-refractivity contribution is 0.181. The van der Waals surface area contributed by atoms with E-state index in [1.54, 1.807) is 6.92 Å². The number of hydrogen-bond donors (Lipinski definition) is 1. The van der Waals surface area contributed by atoms with E-state index in [0.29, 0.717) is 6.07 Å². The third-order valence-corrected chi connectivity index (χ3v) is 3.17. The maximum absolute atomic E-state index is 13.6. The minimum Gasteiger partial charge on any atom is -0.314 e. The van der Waals surface area contributed by atoms with E-state index in [1.807, 2.05) is 18.7 Å². The molecule has 0 aliphatic carbocycles. The van der Waals surface area contributed by atoms with Gasteiger partial charge < -0.3 is 5.32 Å². The molecular weight excluding hydrogens is 253 g/mol. The summed E-state index contributed by atoms with van der Waals surface area (Å²) in [4.78, 5) is 2.01. The van der Waals surface area contributed by atoms with Crippen LogP contribution in [0.5, 0.6) is 0 Å². The second-order valence-corrected chi connectivity index (χ2v) is 4.25. The highest BCUT2D eigenvalue weighted by atomic mass is 19.2. The lowest BCUT2D eigenvalue weighted by Gasteiger charge is -2.33. The van der Waals surface area contributed by atoms with Gasteiger partial charge in [-0.3, -0.25) is 4.90 Å². The summed E-state index contributed by atoms with van der Waals surface area (Å²) < 4.78 is 39.8. The highest BCUT2D eigenvalue weighted by molar-refractivity contribution is 5.23. The molecule has 1 N–H and O–H groups in total. The molecule has 0 saturated carbocycles. The van der Waals surface area contributed by atoms with Crippen molar-refractivity contribution in [2.75, 3.05) is 26.2 Å². The van der Waals surface area contributed by atoms with Gasteiger partial charge in [-0.05, 0) is 13.0 Å². The average Bonchev–Trinajstić information content (AvgIpc) is 2.45. The molecule has 1 aliphatic rings. The molecule has 1 aliphatic heterocycles. The molecule has 1 aromatic carbocycles. The minimum atomic E-state index is -1.12. The SMILES string of the molecule is CC.C[C@@H](c1cc(F)cc(F)c1F)N1CCNCC1. The van der Waals surface area contributed by atoms with Gasteiger partial charge in [0.15, 0.2) is 11.6 Å². The van der Waals surface area contributed by atoms with Crippen molar-refractivity contribution in [1.29, 1.82) is 0 Å². The third kappa shape index (κ3) is 3.94. The van der Waals surface area contributed by atoms with Crippen LogP contribution in [0.2, 0.25) is 0 Å². The predicted molar refractivity (Wildman–Crippen MR) is 70.5 cm³/mol. The molecule has 1 saturated heterocycles. The Morgan fingerprint density at radius 2 is 1.68 bits per heavy atom. The standard InChI is InChI=1S/C12H15F3N2.C2H6/c1-8(17-4-2-16-3-5-17)10-6-9(13)7-11(14)12(10)15;1-2/h6-8,16H,2-5H2,1H3;1-2H3/t8-;/m0./s1. The lowest BCUT2D eigenvalue weighted by Crippen LogP contribution is -2.44. The van der Waals surface area contributed by atoms with Gasteiger partial charge in [-0.25, -0.2) is 13.2 Å². The maximum Gasteiger partial charge on any atom is 0.163 e. The van der Waals surface area contributed by atoms with Crippen molar-refractivity contribution in [3.8, 4) is 0 Å². The van der Waals surface area contributed by atoms with Crippen molar-refractivity contribution in [3.05, 3.63) is 35.1 Å². The first-order chi connectivity index (χ1) is 9.09. The number of halogens is 3. The number of hydrogen-bond acceptors (Lipinski definition) is 2. The summed E-state index contributed by atoms with van der Waals surface area (Å²) in [7, 11) is 0. The highest BCUT2D eigenvalue weighted by Gasteiger charge is 2.23. The van der Waals surface area contributed by atoms with Gasteiger partial charge in [0.05, 0.1) is 0 Å². The smallest absolute Gasteiger partial charge is 0.163 e. The summed E-state index contributed by atoms with van der Waals surface area (Å²) in [5.41, 5.74) is 0.0874. The van der Waals surface area contributed by atoms with Crippen molar-refractivity contribution in [1.82, 2.24) is 10.2 Å². The predicted octanol–water partition coefficient (Wildman–Crippen LogP) is 3.10. The molecule has 0 aromatic heterocycles. The minimum absolute atomic E-state index is 0.0874. The van der Waals surface area contributed by atoms with E-state index < -0.39 is 17.5 Å². The van der Waals surface area contributed by atoms with Crippen LogP contribution in [0.3, 0.4) is 0 Å². The van der Waals surface area contributed by atoms with Crippen LogP contribution in [-0.4, -0.2) is 31.1 Å². The number of piperazine rings is 1. The van der Waals surface area contributed by atoms with Gasteiger partial charge in [0.25, 0.3) is 0 Å². The second-order valence-electron chi connectivity index (χ2n) is 4.25. The summed E-state index contributed by atoms with van der Waals surface area (Å²) in [5, 5.41) is 3.17. The van der Waals surface area contributed by atoms with Crippen LogP contribution in [0, 0.1) is 17.5 Å². The molecule has 0 radical (unpaired) electrons. The van der Waals surface area contributed by atoms with Crippen molar-refractivity contribution >= 4 is 0 Å². The zero-order chi connectivity index (χ0) is 14.4. The first-order valence-electron chi connectivity index (χ1n) is 6.69. The Labute approximate surface area is 112 Å². The topological polar surface area (TPSA) is 15.3 Å². The van der Waals surface area contributed by atoms with Gasteiger partial charge >= 0.3 is 0 Å². The summed E-state index contributed by atoms with van der Waals surface area (Å²) in [6, 6.07) is 1.33. The van der Waals surface area contributed by atoms with E-state index in [2.05, 4.69) is 5.32 Å². The number of nitrogens with one attached hydrogen (secondary N) is 1. The fourth-order valence-corrected chi connectivity index (χ4v) is 2.15. The molecule has 1 fully saturated rings. The first-order valence-corrected chi connectivity index (χ1v) is 6.69. The first kappa shape index (κ1) is 16.0. The molecule has 0 unspecified atom stereocenters. The Morgan fingerprint density at radius 3 is 2.26 bits per heavy atom. The van der Waals surface area contributed by atoms with Gasteiger partial charge in [-0.1, -0.05) is 13.8 Å². The Hall–Kier alpha value is -1.07. The van der Waals surface area contributed by atoms with Crippen LogP contribution >= 0.6 is 0 Å². The van der Waals surface area contributed by atoms with Crippen molar-refractivity contribution in [2.45, 2.75) is 26.8 Å². The molecule has 1 aromatic rings. The van der Waals surface area contributed by atoms with E-state index in [9.17, 15) is 13.2 Å². The molecule has 0 spiro atoms. The Kier molecular flexibility index (Phi) is 6.31. The third-order valence-electron chi connectivity index (χ3n) is 3.17. The molecular formula is C14H21F3N2. The molecule has 2 rings (SSSR count). The van der Waals surface area contributed by atoms with E-state index in [1.165, 1.54) is 0 Å². The van der Waals surface area contributed by atoms with Gasteiger partial charge in [0, 0.05) is 43.9 Å². The lowest BCUT2D eigenvalue weighted by atomic mass is 10.0. The average molecular weight is 274 g/mol. The van der Waals surface area contributed by atoms with Crippen molar-refractivity contribution in [2.24, 2.45) is 0 Å². The van der Waals surface area contributed by atoms with E-state index in [-0.39, 0.29) is 11.6 Å². The molecule has 0 bridgehead atoms. The van der Waals surface area contributed by atoms with Crippen LogP contribution in [0.1, 0.15) is 32.4 Å². The monoisotopic (exact) mass is 274 g/mol. The second kappa shape index (κ2) is 7.50. The molecule has 1 atom stereocenters. The molecule has 19 heavy (non-hydrogen) atoms. The number of rotatable bonds is 2. The van der Waals surface area contributed by atoms with Crippen molar-refractivity contribution < 1.29 is 13.2 Å². The summed E-state index contributed by atoms with van der Waals surface area (Å²) in [6.07, 6.45) is 0. The fraction of sp³-hybridized carbons (Fsp3) is 0.571. The number of benzene rings is 1. The summed E-state index contributed by atoms with van der Waals surface area (Å²) >= 11 is 0. The largest absolute Gasteiger partial charge is 0.314 e. The fourth-order valence-electron chi connectivity index (χ4n) is 2.15. The van der Waals surface area contributed by atoms with Crippen LogP contribution in [0.25, 0.3) is 0 Å². The van der Waals surface area contributed by atoms with Crippen LogP contribution < -0.4 is 5.32 Å².